The lowest BCUT2D eigenvalue weighted by atomic mass is 10.0. The van der Waals surface area contributed by atoms with Crippen LogP contribution in [0.4, 0.5) is 5.69 Å². The van der Waals surface area contributed by atoms with E-state index >= 15 is 0 Å². The summed E-state index contributed by atoms with van der Waals surface area (Å²) in [6.45, 7) is 6.96. The number of aromatic nitrogens is 2. The lowest BCUT2D eigenvalue weighted by Crippen LogP contribution is -2.39. The van der Waals surface area contributed by atoms with Gasteiger partial charge in [0.25, 0.3) is 5.91 Å². The lowest BCUT2D eigenvalue weighted by molar-refractivity contribution is -0.114. The Morgan fingerprint density at radius 3 is 2.48 bits per heavy atom. The molecule has 0 radical (unpaired) electrons. The summed E-state index contributed by atoms with van der Waals surface area (Å²) in [5.41, 5.74) is 3.46. The van der Waals surface area contributed by atoms with Crippen LogP contribution in [0.25, 0.3) is 0 Å². The van der Waals surface area contributed by atoms with E-state index < -0.39 is 0 Å². The van der Waals surface area contributed by atoms with Gasteiger partial charge in [-0.15, -0.1) is 0 Å². The van der Waals surface area contributed by atoms with Gasteiger partial charge in [0, 0.05) is 37.0 Å². The van der Waals surface area contributed by atoms with E-state index in [0.29, 0.717) is 30.4 Å². The second kappa shape index (κ2) is 7.09. The number of likely N-dealkylation sites (tertiary alicyclic amines) is 1. The van der Waals surface area contributed by atoms with Gasteiger partial charge in [-0.05, 0) is 51.0 Å². The number of anilines is 1. The molecule has 1 aliphatic heterocycles. The molecule has 1 aromatic carbocycles. The van der Waals surface area contributed by atoms with Crippen LogP contribution in [0, 0.1) is 13.8 Å². The van der Waals surface area contributed by atoms with Crippen LogP contribution in [-0.2, 0) is 4.79 Å². The summed E-state index contributed by atoms with van der Waals surface area (Å²) < 4.78 is 2.09. The Kier molecular flexibility index (Phi) is 4.88. The van der Waals surface area contributed by atoms with Crippen LogP contribution in [0.3, 0.4) is 0 Å². The van der Waals surface area contributed by atoms with Crippen LogP contribution < -0.4 is 5.32 Å². The summed E-state index contributed by atoms with van der Waals surface area (Å²) in [5, 5.41) is 7.29. The quantitative estimate of drug-likeness (QED) is 0.934. The average molecular weight is 340 g/mol. The highest BCUT2D eigenvalue weighted by atomic mass is 16.2. The fraction of sp³-hybridized carbons (Fsp3) is 0.421. The van der Waals surface area contributed by atoms with E-state index in [1.165, 1.54) is 12.6 Å². The van der Waals surface area contributed by atoms with Crippen molar-refractivity contribution in [3.63, 3.8) is 0 Å². The molecule has 1 fully saturated rings. The molecule has 0 unspecified atom stereocenters. The van der Waals surface area contributed by atoms with Crippen LogP contribution >= 0.6 is 0 Å². The molecule has 0 spiro atoms. The Morgan fingerprint density at radius 1 is 1.16 bits per heavy atom. The number of carbonyl (C=O) groups excluding carboxylic acids is 2. The van der Waals surface area contributed by atoms with Crippen LogP contribution in [0.2, 0.25) is 0 Å². The van der Waals surface area contributed by atoms with Crippen molar-refractivity contribution >= 4 is 17.5 Å². The smallest absolute Gasteiger partial charge is 0.253 e. The number of amides is 2. The standard InChI is InChI=1S/C19H24N4O2/c1-13-11-14(2)23(21-13)18-7-9-22(10-8-18)19(25)16-5-4-6-17(12-16)20-15(3)24/h4-6,11-12,18H,7-10H2,1-3H3,(H,20,24). The molecule has 1 aliphatic rings. The normalized spacial score (nSPS) is 15.2. The summed E-state index contributed by atoms with van der Waals surface area (Å²) in [6, 6.07) is 9.54. The van der Waals surface area contributed by atoms with E-state index in [9.17, 15) is 9.59 Å². The molecule has 0 bridgehead atoms. The second-order valence-corrected chi connectivity index (χ2v) is 6.66. The molecule has 0 aliphatic carbocycles. The first-order valence-electron chi connectivity index (χ1n) is 8.63. The molecule has 0 atom stereocenters. The van der Waals surface area contributed by atoms with Crippen molar-refractivity contribution in [2.24, 2.45) is 0 Å². The molecular weight excluding hydrogens is 316 g/mol. The number of aryl methyl sites for hydroxylation is 2. The van der Waals surface area contributed by atoms with Gasteiger partial charge in [-0.3, -0.25) is 14.3 Å². The van der Waals surface area contributed by atoms with Gasteiger partial charge in [-0.25, -0.2) is 0 Å². The zero-order valence-electron chi connectivity index (χ0n) is 15.0. The molecular formula is C19H24N4O2. The van der Waals surface area contributed by atoms with E-state index in [4.69, 9.17) is 0 Å². The van der Waals surface area contributed by atoms with E-state index in [1.807, 2.05) is 11.8 Å². The molecule has 3 rings (SSSR count). The molecule has 1 saturated heterocycles. The maximum Gasteiger partial charge on any atom is 0.253 e. The largest absolute Gasteiger partial charge is 0.338 e. The van der Waals surface area contributed by atoms with Crippen molar-refractivity contribution in [3.05, 3.63) is 47.3 Å². The van der Waals surface area contributed by atoms with Crippen molar-refractivity contribution in [2.45, 2.75) is 39.7 Å². The zero-order valence-corrected chi connectivity index (χ0v) is 15.0. The van der Waals surface area contributed by atoms with Crippen molar-refractivity contribution < 1.29 is 9.59 Å². The number of carbonyl (C=O) groups is 2. The van der Waals surface area contributed by atoms with Crippen molar-refractivity contribution in [3.8, 4) is 0 Å². The number of hydrogen-bond acceptors (Lipinski definition) is 3. The summed E-state index contributed by atoms with van der Waals surface area (Å²) in [5.74, 6) is -0.130. The Labute approximate surface area is 147 Å². The third kappa shape index (κ3) is 3.90. The Hall–Kier alpha value is -2.63. The van der Waals surface area contributed by atoms with E-state index in [0.717, 1.165) is 18.5 Å². The lowest BCUT2D eigenvalue weighted by Gasteiger charge is -2.32. The van der Waals surface area contributed by atoms with Crippen LogP contribution in [-0.4, -0.2) is 39.6 Å². The van der Waals surface area contributed by atoms with Gasteiger partial charge in [0.1, 0.15) is 0 Å². The van der Waals surface area contributed by atoms with Gasteiger partial charge in [0.15, 0.2) is 0 Å². The molecule has 1 aromatic heterocycles. The SMILES string of the molecule is CC(=O)Nc1cccc(C(=O)N2CCC(n3nc(C)cc3C)CC2)c1. The first-order chi connectivity index (χ1) is 11.9. The van der Waals surface area contributed by atoms with Gasteiger partial charge >= 0.3 is 0 Å². The zero-order chi connectivity index (χ0) is 18.0. The van der Waals surface area contributed by atoms with Crippen LogP contribution in [0.1, 0.15) is 47.6 Å². The monoisotopic (exact) mass is 340 g/mol. The predicted octanol–water partition coefficient (Wildman–Crippen LogP) is 2.94. The van der Waals surface area contributed by atoms with Gasteiger partial charge in [0.05, 0.1) is 11.7 Å². The maximum absolute atomic E-state index is 12.7. The summed E-state index contributed by atoms with van der Waals surface area (Å²) >= 11 is 0. The van der Waals surface area contributed by atoms with Crippen molar-refractivity contribution in [1.29, 1.82) is 0 Å². The van der Waals surface area contributed by atoms with Crippen LogP contribution in [0.5, 0.6) is 0 Å². The molecule has 0 saturated carbocycles. The molecule has 2 heterocycles. The highest BCUT2D eigenvalue weighted by molar-refractivity contribution is 5.96. The minimum atomic E-state index is -0.143. The number of piperidine rings is 1. The minimum Gasteiger partial charge on any atom is -0.338 e. The molecule has 6 heteroatoms. The Morgan fingerprint density at radius 2 is 1.88 bits per heavy atom. The third-order valence-electron chi connectivity index (χ3n) is 4.57. The molecule has 25 heavy (non-hydrogen) atoms. The van der Waals surface area contributed by atoms with Crippen molar-refractivity contribution in [1.82, 2.24) is 14.7 Å². The molecule has 2 aromatic rings. The molecule has 6 nitrogen and oxygen atoms in total. The van der Waals surface area contributed by atoms with Gasteiger partial charge in [-0.1, -0.05) is 6.07 Å². The number of nitrogens with one attached hydrogen (secondary N) is 1. The van der Waals surface area contributed by atoms with Gasteiger partial charge in [0.2, 0.25) is 5.91 Å². The minimum absolute atomic E-state index is 0.0130. The highest BCUT2D eigenvalue weighted by Gasteiger charge is 2.25. The summed E-state index contributed by atoms with van der Waals surface area (Å²) in [7, 11) is 0. The summed E-state index contributed by atoms with van der Waals surface area (Å²) in [4.78, 5) is 25.8. The van der Waals surface area contributed by atoms with E-state index in [2.05, 4.69) is 28.1 Å². The van der Waals surface area contributed by atoms with Crippen LogP contribution in [0.15, 0.2) is 30.3 Å². The second-order valence-electron chi connectivity index (χ2n) is 6.66. The average Bonchev–Trinajstić information content (AvgIpc) is 2.92. The highest BCUT2D eigenvalue weighted by Crippen LogP contribution is 2.25. The fourth-order valence-corrected chi connectivity index (χ4v) is 3.45. The number of rotatable bonds is 3. The van der Waals surface area contributed by atoms with Gasteiger partial charge < -0.3 is 10.2 Å². The Balaban J connectivity index is 1.65. The van der Waals surface area contributed by atoms with E-state index in [-0.39, 0.29) is 11.8 Å². The first kappa shape index (κ1) is 17.2. The predicted molar refractivity (Wildman–Crippen MR) is 96.6 cm³/mol. The number of hydrogen-bond donors (Lipinski definition) is 1. The van der Waals surface area contributed by atoms with Gasteiger partial charge in [-0.2, -0.15) is 5.10 Å². The summed E-state index contributed by atoms with van der Waals surface area (Å²) in [6.07, 6.45) is 1.80. The first-order valence-corrected chi connectivity index (χ1v) is 8.63. The molecule has 2 amide bonds. The third-order valence-corrected chi connectivity index (χ3v) is 4.57. The number of nitrogens with zero attached hydrogens (tertiary/aromatic N) is 3. The van der Waals surface area contributed by atoms with E-state index in [1.54, 1.807) is 24.3 Å². The maximum atomic E-state index is 12.7. The van der Waals surface area contributed by atoms with Crippen molar-refractivity contribution in [2.75, 3.05) is 18.4 Å². The molecule has 1 N–H and O–H groups in total. The Bertz CT molecular complexity index is 788. The molecule has 132 valence electrons. The topological polar surface area (TPSA) is 67.2 Å². The number of benzene rings is 1. The fourth-order valence-electron chi connectivity index (χ4n) is 3.45.